The first-order valence-electron chi connectivity index (χ1n) is 8.75. The van der Waals surface area contributed by atoms with Gasteiger partial charge >= 0.3 is 0 Å². The Morgan fingerprint density at radius 1 is 1.10 bits per heavy atom. The molecular weight excluding hydrogens is 258 g/mol. The van der Waals surface area contributed by atoms with E-state index < -0.39 is 0 Å². The number of hydrogen-bond donors (Lipinski definition) is 1. The molecular formula is C19H33NO. The third-order valence-corrected chi connectivity index (χ3v) is 4.18. The van der Waals surface area contributed by atoms with Crippen molar-refractivity contribution in [3.05, 3.63) is 29.3 Å². The summed E-state index contributed by atoms with van der Waals surface area (Å²) in [5.74, 6) is 1.71. The summed E-state index contributed by atoms with van der Waals surface area (Å²) in [6.45, 7) is 9.18. The standard InChI is InChI=1S/C17H27NO.C2H6/c1-3-11-19-16-10-7-13(4-2)17(12-16)14-5-8-15(18)9-6-14;1-2/h7,10,12,14-15H,3-6,8-9,11,18H2,1-2H3;1-2H3. The van der Waals surface area contributed by atoms with Crippen molar-refractivity contribution >= 4 is 0 Å². The molecule has 0 amide bonds. The molecule has 120 valence electrons. The second-order valence-electron chi connectivity index (χ2n) is 5.67. The summed E-state index contributed by atoms with van der Waals surface area (Å²) in [6, 6.07) is 7.05. The normalized spacial score (nSPS) is 21.4. The van der Waals surface area contributed by atoms with Gasteiger partial charge in [0.15, 0.2) is 0 Å². The third-order valence-electron chi connectivity index (χ3n) is 4.18. The minimum atomic E-state index is 0.417. The third kappa shape index (κ3) is 5.35. The van der Waals surface area contributed by atoms with Crippen molar-refractivity contribution in [2.45, 2.75) is 78.2 Å². The molecule has 0 spiro atoms. The zero-order chi connectivity index (χ0) is 15.7. The average molecular weight is 291 g/mol. The van der Waals surface area contributed by atoms with E-state index in [0.717, 1.165) is 38.0 Å². The van der Waals surface area contributed by atoms with Crippen LogP contribution in [0.25, 0.3) is 0 Å². The van der Waals surface area contributed by atoms with Crippen LogP contribution in [0, 0.1) is 0 Å². The van der Waals surface area contributed by atoms with Gasteiger partial charge in [-0.2, -0.15) is 0 Å². The van der Waals surface area contributed by atoms with Crippen molar-refractivity contribution < 1.29 is 4.74 Å². The molecule has 0 unspecified atom stereocenters. The van der Waals surface area contributed by atoms with E-state index in [9.17, 15) is 0 Å². The second kappa shape index (κ2) is 9.83. The predicted octanol–water partition coefficient (Wildman–Crippen LogP) is 5.05. The van der Waals surface area contributed by atoms with Gasteiger partial charge in [0.25, 0.3) is 0 Å². The van der Waals surface area contributed by atoms with Crippen LogP contribution >= 0.6 is 0 Å². The van der Waals surface area contributed by atoms with Crippen LogP contribution in [0.5, 0.6) is 5.75 Å². The fourth-order valence-corrected chi connectivity index (χ4v) is 3.01. The fraction of sp³-hybridized carbons (Fsp3) is 0.684. The molecule has 0 saturated heterocycles. The van der Waals surface area contributed by atoms with E-state index in [4.69, 9.17) is 10.5 Å². The molecule has 1 aromatic rings. The summed E-state index contributed by atoms with van der Waals surface area (Å²) in [4.78, 5) is 0. The topological polar surface area (TPSA) is 35.2 Å². The molecule has 1 fully saturated rings. The SMILES string of the molecule is CC.CCCOc1ccc(CC)c(C2CCC(N)CC2)c1. The minimum Gasteiger partial charge on any atom is -0.494 e. The molecule has 1 aliphatic rings. The maximum Gasteiger partial charge on any atom is 0.119 e. The van der Waals surface area contributed by atoms with Gasteiger partial charge in [0.05, 0.1) is 6.61 Å². The molecule has 0 radical (unpaired) electrons. The molecule has 21 heavy (non-hydrogen) atoms. The number of rotatable bonds is 5. The van der Waals surface area contributed by atoms with Crippen molar-refractivity contribution in [3.8, 4) is 5.75 Å². The Bertz CT molecular complexity index is 395. The van der Waals surface area contributed by atoms with E-state index in [1.165, 1.54) is 24.0 Å². The Morgan fingerprint density at radius 2 is 1.76 bits per heavy atom. The Hall–Kier alpha value is -1.02. The molecule has 0 heterocycles. The van der Waals surface area contributed by atoms with Crippen LogP contribution in [0.1, 0.15) is 76.8 Å². The van der Waals surface area contributed by atoms with E-state index in [-0.39, 0.29) is 0 Å². The van der Waals surface area contributed by atoms with Crippen molar-refractivity contribution in [2.24, 2.45) is 5.73 Å². The molecule has 0 aromatic heterocycles. The zero-order valence-corrected chi connectivity index (χ0v) is 14.3. The van der Waals surface area contributed by atoms with Gasteiger partial charge < -0.3 is 10.5 Å². The number of benzene rings is 1. The number of aryl methyl sites for hydroxylation is 1. The van der Waals surface area contributed by atoms with Gasteiger partial charge in [0.2, 0.25) is 0 Å². The van der Waals surface area contributed by atoms with E-state index in [1.807, 2.05) is 13.8 Å². The molecule has 0 atom stereocenters. The van der Waals surface area contributed by atoms with Crippen molar-refractivity contribution in [1.29, 1.82) is 0 Å². The highest BCUT2D eigenvalue weighted by Gasteiger charge is 2.22. The smallest absolute Gasteiger partial charge is 0.119 e. The van der Waals surface area contributed by atoms with Crippen molar-refractivity contribution in [1.82, 2.24) is 0 Å². The maximum absolute atomic E-state index is 6.02. The van der Waals surface area contributed by atoms with E-state index in [1.54, 1.807) is 0 Å². The fourth-order valence-electron chi connectivity index (χ4n) is 3.01. The molecule has 1 aromatic carbocycles. The lowest BCUT2D eigenvalue weighted by Crippen LogP contribution is -2.26. The monoisotopic (exact) mass is 291 g/mol. The summed E-state index contributed by atoms with van der Waals surface area (Å²) in [5, 5.41) is 0. The number of nitrogens with two attached hydrogens (primary N) is 1. The van der Waals surface area contributed by atoms with Gasteiger partial charge in [0, 0.05) is 6.04 Å². The highest BCUT2D eigenvalue weighted by atomic mass is 16.5. The maximum atomic E-state index is 6.02. The van der Waals surface area contributed by atoms with Crippen molar-refractivity contribution in [2.75, 3.05) is 6.61 Å². The lowest BCUT2D eigenvalue weighted by molar-refractivity contribution is 0.316. The quantitative estimate of drug-likeness (QED) is 0.824. The van der Waals surface area contributed by atoms with Crippen LogP contribution in [-0.2, 0) is 6.42 Å². The summed E-state index contributed by atoms with van der Waals surface area (Å²) in [5.41, 5.74) is 9.00. The Kier molecular flexibility index (Phi) is 8.44. The lowest BCUT2D eigenvalue weighted by Gasteiger charge is -2.28. The lowest BCUT2D eigenvalue weighted by atomic mass is 9.80. The molecule has 2 heteroatoms. The first-order valence-corrected chi connectivity index (χ1v) is 8.75. The van der Waals surface area contributed by atoms with Gasteiger partial charge in [-0.1, -0.05) is 33.8 Å². The van der Waals surface area contributed by atoms with Gasteiger partial charge in [-0.3, -0.25) is 0 Å². The highest BCUT2D eigenvalue weighted by Crippen LogP contribution is 2.36. The summed E-state index contributed by atoms with van der Waals surface area (Å²) < 4.78 is 5.78. The molecule has 2 N–H and O–H groups in total. The van der Waals surface area contributed by atoms with Gasteiger partial charge in [-0.25, -0.2) is 0 Å². The molecule has 1 saturated carbocycles. The Morgan fingerprint density at radius 3 is 2.33 bits per heavy atom. The van der Waals surface area contributed by atoms with E-state index >= 15 is 0 Å². The predicted molar refractivity (Wildman–Crippen MR) is 92.1 cm³/mol. The molecule has 2 nitrogen and oxygen atoms in total. The Balaban J connectivity index is 0.00000106. The Labute approximate surface area is 131 Å². The van der Waals surface area contributed by atoms with E-state index in [0.29, 0.717) is 12.0 Å². The van der Waals surface area contributed by atoms with Crippen LogP contribution in [0.3, 0.4) is 0 Å². The molecule has 1 aliphatic carbocycles. The number of hydrogen-bond acceptors (Lipinski definition) is 2. The summed E-state index contributed by atoms with van der Waals surface area (Å²) in [6.07, 6.45) is 6.94. The zero-order valence-electron chi connectivity index (χ0n) is 14.3. The highest BCUT2D eigenvalue weighted by molar-refractivity contribution is 5.38. The van der Waals surface area contributed by atoms with Crippen molar-refractivity contribution in [3.63, 3.8) is 0 Å². The van der Waals surface area contributed by atoms with Crippen LogP contribution in [0.2, 0.25) is 0 Å². The van der Waals surface area contributed by atoms with Crippen LogP contribution in [0.4, 0.5) is 0 Å². The van der Waals surface area contributed by atoms with Gasteiger partial charge in [0.1, 0.15) is 5.75 Å². The van der Waals surface area contributed by atoms with Crippen LogP contribution in [0.15, 0.2) is 18.2 Å². The second-order valence-corrected chi connectivity index (χ2v) is 5.67. The summed E-state index contributed by atoms with van der Waals surface area (Å²) in [7, 11) is 0. The first kappa shape index (κ1) is 18.0. The molecule has 0 bridgehead atoms. The van der Waals surface area contributed by atoms with Gasteiger partial charge in [-0.15, -0.1) is 0 Å². The first-order chi connectivity index (χ1) is 10.2. The van der Waals surface area contributed by atoms with Crippen LogP contribution < -0.4 is 10.5 Å². The van der Waals surface area contributed by atoms with Gasteiger partial charge in [-0.05, 0) is 67.7 Å². The minimum absolute atomic E-state index is 0.417. The average Bonchev–Trinajstić information content (AvgIpc) is 2.55. The molecule has 0 aliphatic heterocycles. The summed E-state index contributed by atoms with van der Waals surface area (Å²) >= 11 is 0. The van der Waals surface area contributed by atoms with Crippen LogP contribution in [-0.4, -0.2) is 12.6 Å². The number of ether oxygens (including phenoxy) is 1. The molecule has 2 rings (SSSR count). The van der Waals surface area contributed by atoms with E-state index in [2.05, 4.69) is 32.0 Å². The largest absolute Gasteiger partial charge is 0.494 e.